The molecule has 0 aliphatic carbocycles. The highest BCUT2D eigenvalue weighted by Gasteiger charge is 2.29. The third kappa shape index (κ3) is 4.24. The number of hydrogen-bond acceptors (Lipinski definition) is 4. The molecule has 29 heavy (non-hydrogen) atoms. The van der Waals surface area contributed by atoms with Crippen molar-refractivity contribution in [2.75, 3.05) is 10.6 Å². The highest BCUT2D eigenvalue weighted by atomic mass is 16.2. The van der Waals surface area contributed by atoms with Gasteiger partial charge in [0.25, 0.3) is 0 Å². The number of aliphatic imine (C=N–C) groups is 1. The zero-order valence-corrected chi connectivity index (χ0v) is 16.2. The number of aromatic nitrogens is 2. The first kappa shape index (κ1) is 18.6. The van der Waals surface area contributed by atoms with Gasteiger partial charge in [-0.25, -0.2) is 4.99 Å². The van der Waals surface area contributed by atoms with Crippen LogP contribution in [0.15, 0.2) is 53.5 Å². The zero-order valence-electron chi connectivity index (χ0n) is 16.2. The minimum absolute atomic E-state index is 0.0965. The van der Waals surface area contributed by atoms with Crippen LogP contribution in [-0.4, -0.2) is 28.2 Å². The van der Waals surface area contributed by atoms with Crippen molar-refractivity contribution in [1.82, 2.24) is 10.2 Å². The second-order valence-corrected chi connectivity index (χ2v) is 7.13. The summed E-state index contributed by atoms with van der Waals surface area (Å²) in [5, 5.41) is 12.6. The van der Waals surface area contributed by atoms with Crippen LogP contribution in [0, 0.1) is 6.92 Å². The summed E-state index contributed by atoms with van der Waals surface area (Å²) in [6, 6.07) is 15.5. The van der Waals surface area contributed by atoms with Crippen molar-refractivity contribution in [2.24, 2.45) is 4.99 Å². The largest absolute Gasteiger partial charge is 0.326 e. The van der Waals surface area contributed by atoms with Gasteiger partial charge in [-0.3, -0.25) is 14.7 Å². The minimum atomic E-state index is -0.451. The fourth-order valence-electron chi connectivity index (χ4n) is 3.41. The van der Waals surface area contributed by atoms with Gasteiger partial charge in [0.15, 0.2) is 5.82 Å². The van der Waals surface area contributed by atoms with E-state index in [9.17, 15) is 9.59 Å². The van der Waals surface area contributed by atoms with Crippen LogP contribution in [0.2, 0.25) is 0 Å². The molecule has 1 aromatic heterocycles. The molecule has 1 unspecified atom stereocenters. The normalized spacial score (nSPS) is 15.4. The third-order valence-electron chi connectivity index (χ3n) is 4.70. The molecule has 2 amide bonds. The second-order valence-electron chi connectivity index (χ2n) is 7.13. The fraction of sp³-hybridized carbons (Fsp3) is 0.182. The lowest BCUT2D eigenvalue weighted by molar-refractivity contribution is -0.116. The Morgan fingerprint density at radius 3 is 2.79 bits per heavy atom. The summed E-state index contributed by atoms with van der Waals surface area (Å²) in [6.45, 7) is 3.39. The van der Waals surface area contributed by atoms with Crippen molar-refractivity contribution in [3.63, 3.8) is 0 Å². The Labute approximate surface area is 168 Å². The summed E-state index contributed by atoms with van der Waals surface area (Å²) < 4.78 is 0. The Morgan fingerprint density at radius 1 is 1.21 bits per heavy atom. The predicted molar refractivity (Wildman–Crippen MR) is 113 cm³/mol. The number of benzene rings is 2. The van der Waals surface area contributed by atoms with E-state index in [1.165, 1.54) is 6.92 Å². The number of aryl methyl sites for hydroxylation is 1. The Morgan fingerprint density at radius 2 is 2.03 bits per heavy atom. The van der Waals surface area contributed by atoms with Crippen LogP contribution in [0.1, 0.15) is 35.2 Å². The van der Waals surface area contributed by atoms with Crippen LogP contribution in [0.25, 0.3) is 0 Å². The quantitative estimate of drug-likeness (QED) is 0.582. The van der Waals surface area contributed by atoms with Gasteiger partial charge in [-0.1, -0.05) is 24.3 Å². The van der Waals surface area contributed by atoms with E-state index < -0.39 is 5.92 Å². The Balaban J connectivity index is 1.56. The lowest BCUT2D eigenvalue weighted by Gasteiger charge is -2.08. The average Bonchev–Trinajstić information content (AvgIpc) is 3.22. The van der Waals surface area contributed by atoms with Gasteiger partial charge in [-0.15, -0.1) is 0 Å². The van der Waals surface area contributed by atoms with E-state index in [1.54, 1.807) is 6.21 Å². The molecule has 7 heteroatoms. The SMILES string of the molecule is CC(=O)Nc1cccc(Cc2ccc3c(c2)C(C=Nc2cc(C)[nH]n2)C(=O)N3)c1. The smallest absolute Gasteiger partial charge is 0.237 e. The van der Waals surface area contributed by atoms with E-state index in [1.807, 2.05) is 55.5 Å². The molecule has 3 N–H and O–H groups in total. The molecular formula is C22H21N5O2. The maximum absolute atomic E-state index is 12.4. The highest BCUT2D eigenvalue weighted by molar-refractivity contribution is 6.12. The van der Waals surface area contributed by atoms with Gasteiger partial charge < -0.3 is 10.6 Å². The molecule has 7 nitrogen and oxygen atoms in total. The number of nitrogens with one attached hydrogen (secondary N) is 3. The maximum Gasteiger partial charge on any atom is 0.237 e. The summed E-state index contributed by atoms with van der Waals surface area (Å²) in [6.07, 6.45) is 2.33. The van der Waals surface area contributed by atoms with Crippen LogP contribution in [0.5, 0.6) is 0 Å². The molecule has 0 spiro atoms. The number of amides is 2. The van der Waals surface area contributed by atoms with Crippen molar-refractivity contribution in [3.05, 3.63) is 70.9 Å². The number of carbonyl (C=O) groups excluding carboxylic acids is 2. The van der Waals surface area contributed by atoms with Crippen LogP contribution in [0.4, 0.5) is 17.2 Å². The van der Waals surface area contributed by atoms with Gasteiger partial charge in [-0.2, -0.15) is 5.10 Å². The van der Waals surface area contributed by atoms with Crippen molar-refractivity contribution < 1.29 is 9.59 Å². The minimum Gasteiger partial charge on any atom is -0.326 e. The van der Waals surface area contributed by atoms with Crippen molar-refractivity contribution in [3.8, 4) is 0 Å². The first-order valence-electron chi connectivity index (χ1n) is 9.34. The Hall–Kier alpha value is -3.74. The highest BCUT2D eigenvalue weighted by Crippen LogP contribution is 2.33. The lowest BCUT2D eigenvalue weighted by Crippen LogP contribution is -2.12. The van der Waals surface area contributed by atoms with E-state index in [4.69, 9.17) is 0 Å². The monoisotopic (exact) mass is 387 g/mol. The summed E-state index contributed by atoms with van der Waals surface area (Å²) in [7, 11) is 0. The van der Waals surface area contributed by atoms with Crippen molar-refractivity contribution in [1.29, 1.82) is 0 Å². The predicted octanol–water partition coefficient (Wildman–Crippen LogP) is 3.71. The number of fused-ring (bicyclic) bond motifs is 1. The number of anilines is 2. The van der Waals surface area contributed by atoms with Gasteiger partial charge in [0.1, 0.15) is 5.92 Å². The van der Waals surface area contributed by atoms with Crippen LogP contribution >= 0.6 is 0 Å². The van der Waals surface area contributed by atoms with Crippen LogP contribution < -0.4 is 10.6 Å². The number of aromatic amines is 1. The molecule has 4 rings (SSSR count). The van der Waals surface area contributed by atoms with E-state index in [2.05, 4.69) is 25.8 Å². The van der Waals surface area contributed by atoms with E-state index >= 15 is 0 Å². The van der Waals surface area contributed by atoms with Gasteiger partial charge in [0.05, 0.1) is 0 Å². The molecule has 0 radical (unpaired) electrons. The molecular weight excluding hydrogens is 366 g/mol. The first-order valence-corrected chi connectivity index (χ1v) is 9.34. The molecule has 3 aromatic rings. The van der Waals surface area contributed by atoms with E-state index in [0.29, 0.717) is 12.2 Å². The number of carbonyl (C=O) groups is 2. The summed E-state index contributed by atoms with van der Waals surface area (Å²) in [5.74, 6) is -0.0957. The van der Waals surface area contributed by atoms with Crippen molar-refractivity contribution in [2.45, 2.75) is 26.2 Å². The standard InChI is InChI=1S/C22H21N5O2/c1-13-8-21(27-26-13)23-12-19-18-11-16(6-7-20(18)25-22(19)29)9-15-4-3-5-17(10-15)24-14(2)28/h3-8,10-12,19H,9H2,1-2H3,(H,24,28)(H,25,29)(H,26,27). The molecule has 146 valence electrons. The number of rotatable bonds is 5. The van der Waals surface area contributed by atoms with Gasteiger partial charge in [0, 0.05) is 36.3 Å². The lowest BCUT2D eigenvalue weighted by atomic mass is 9.96. The molecule has 2 aromatic carbocycles. The molecule has 0 bridgehead atoms. The van der Waals surface area contributed by atoms with Gasteiger partial charge >= 0.3 is 0 Å². The maximum atomic E-state index is 12.4. The van der Waals surface area contributed by atoms with Crippen LogP contribution in [0.3, 0.4) is 0 Å². The summed E-state index contributed by atoms with van der Waals surface area (Å²) in [4.78, 5) is 28.0. The Bertz CT molecular complexity index is 1120. The van der Waals surface area contributed by atoms with E-state index in [0.717, 1.165) is 33.8 Å². The van der Waals surface area contributed by atoms with Crippen molar-refractivity contribution >= 4 is 35.2 Å². The average molecular weight is 387 g/mol. The molecule has 0 fully saturated rings. The summed E-state index contributed by atoms with van der Waals surface area (Å²) >= 11 is 0. The molecule has 1 aliphatic rings. The van der Waals surface area contributed by atoms with Crippen LogP contribution in [-0.2, 0) is 16.0 Å². The first-order chi connectivity index (χ1) is 14.0. The topological polar surface area (TPSA) is 99.2 Å². The molecule has 2 heterocycles. The molecule has 1 atom stereocenters. The zero-order chi connectivity index (χ0) is 20.4. The fourth-order valence-corrected chi connectivity index (χ4v) is 3.41. The number of nitrogens with zero attached hydrogens (tertiary/aromatic N) is 2. The molecule has 0 saturated carbocycles. The van der Waals surface area contributed by atoms with Gasteiger partial charge in [-0.05, 0) is 48.2 Å². The second kappa shape index (κ2) is 7.71. The number of hydrogen-bond donors (Lipinski definition) is 3. The summed E-state index contributed by atoms with van der Waals surface area (Å²) in [5.41, 5.74) is 5.55. The number of H-pyrrole nitrogens is 1. The molecule has 1 aliphatic heterocycles. The van der Waals surface area contributed by atoms with E-state index in [-0.39, 0.29) is 11.8 Å². The third-order valence-corrected chi connectivity index (χ3v) is 4.70. The molecule has 0 saturated heterocycles. The van der Waals surface area contributed by atoms with Gasteiger partial charge in [0.2, 0.25) is 11.8 Å². The Kier molecular flexibility index (Phi) is 4.95.